The Morgan fingerprint density at radius 3 is 2.89 bits per heavy atom. The Balaban J connectivity index is 2.71. The van der Waals surface area contributed by atoms with E-state index >= 15 is 0 Å². The average molecular weight is 267 g/mol. The van der Waals surface area contributed by atoms with Crippen LogP contribution < -0.4 is 5.73 Å². The predicted octanol–water partition coefficient (Wildman–Crippen LogP) is 1.82. The lowest BCUT2D eigenvalue weighted by molar-refractivity contribution is 0.0768. The Kier molecular flexibility index (Phi) is 6.10. The molecule has 5 heteroatoms. The molecule has 18 heavy (non-hydrogen) atoms. The summed E-state index contributed by atoms with van der Waals surface area (Å²) < 4.78 is 5.48. The van der Waals surface area contributed by atoms with Gasteiger partial charge in [-0.3, -0.25) is 0 Å². The van der Waals surface area contributed by atoms with Crippen molar-refractivity contribution in [1.29, 1.82) is 5.26 Å². The summed E-state index contributed by atoms with van der Waals surface area (Å²) in [7, 11) is 0. The van der Waals surface area contributed by atoms with Gasteiger partial charge in [0.05, 0.1) is 6.61 Å². The van der Waals surface area contributed by atoms with Gasteiger partial charge in [-0.1, -0.05) is 12.2 Å². The van der Waals surface area contributed by atoms with Crippen LogP contribution in [0.1, 0.15) is 26.7 Å². The SMILES string of the molecule is CCOCC1CCCN(/C(C)=C(\C#N)C(N)=S)C1. The molecule has 2 N–H and O–H groups in total. The Hall–Kier alpha value is -1.12. The van der Waals surface area contributed by atoms with E-state index in [9.17, 15) is 0 Å². The number of nitrogens with two attached hydrogens (primary N) is 1. The van der Waals surface area contributed by atoms with Gasteiger partial charge < -0.3 is 15.4 Å². The Morgan fingerprint density at radius 2 is 2.33 bits per heavy atom. The fourth-order valence-corrected chi connectivity index (χ4v) is 2.46. The van der Waals surface area contributed by atoms with Crippen molar-refractivity contribution >= 4 is 17.2 Å². The monoisotopic (exact) mass is 267 g/mol. The normalized spacial score (nSPS) is 21.2. The Bertz CT molecular complexity index is 373. The zero-order valence-corrected chi connectivity index (χ0v) is 11.9. The lowest BCUT2D eigenvalue weighted by Gasteiger charge is -2.35. The van der Waals surface area contributed by atoms with Crippen molar-refractivity contribution in [2.45, 2.75) is 26.7 Å². The lowest BCUT2D eigenvalue weighted by Crippen LogP contribution is -2.37. The minimum atomic E-state index is 0.182. The molecule has 1 aliphatic heterocycles. The third-order valence-electron chi connectivity index (χ3n) is 3.27. The Morgan fingerprint density at radius 1 is 1.61 bits per heavy atom. The van der Waals surface area contributed by atoms with E-state index in [1.165, 1.54) is 6.42 Å². The molecule has 0 aliphatic carbocycles. The zero-order chi connectivity index (χ0) is 13.5. The van der Waals surface area contributed by atoms with Crippen LogP contribution in [0.25, 0.3) is 0 Å². The number of nitrogens with zero attached hydrogens (tertiary/aromatic N) is 2. The molecule has 0 spiro atoms. The number of hydrogen-bond donors (Lipinski definition) is 1. The van der Waals surface area contributed by atoms with Crippen LogP contribution in [0.3, 0.4) is 0 Å². The van der Waals surface area contributed by atoms with Gasteiger partial charge in [0.1, 0.15) is 16.6 Å². The van der Waals surface area contributed by atoms with E-state index in [0.29, 0.717) is 11.5 Å². The minimum absolute atomic E-state index is 0.182. The molecule has 0 bridgehead atoms. The molecule has 0 saturated carbocycles. The highest BCUT2D eigenvalue weighted by Gasteiger charge is 2.22. The van der Waals surface area contributed by atoms with Gasteiger partial charge in [-0.05, 0) is 32.6 Å². The second kappa shape index (κ2) is 7.34. The minimum Gasteiger partial charge on any atom is -0.389 e. The van der Waals surface area contributed by atoms with Crippen molar-refractivity contribution in [3.63, 3.8) is 0 Å². The maximum atomic E-state index is 9.08. The number of nitriles is 1. The maximum absolute atomic E-state index is 9.08. The van der Waals surface area contributed by atoms with Gasteiger partial charge >= 0.3 is 0 Å². The number of ether oxygens (including phenoxy) is 1. The molecule has 1 saturated heterocycles. The van der Waals surface area contributed by atoms with Gasteiger partial charge in [0, 0.05) is 25.4 Å². The Labute approximate surface area is 114 Å². The van der Waals surface area contributed by atoms with Crippen molar-refractivity contribution in [2.24, 2.45) is 11.7 Å². The van der Waals surface area contributed by atoms with Crippen molar-refractivity contribution in [1.82, 2.24) is 4.90 Å². The van der Waals surface area contributed by atoms with Crippen molar-refractivity contribution < 1.29 is 4.74 Å². The number of thiocarbonyl (C=S) groups is 1. The van der Waals surface area contributed by atoms with Gasteiger partial charge in [-0.15, -0.1) is 0 Å². The standard InChI is InChI=1S/C13H21N3OS/c1-3-17-9-11-5-4-6-16(8-11)10(2)12(7-14)13(15)18/h11H,3-6,8-9H2,1-2H3,(H2,15,18)/b12-10+. The molecule has 1 aliphatic rings. The fraction of sp³-hybridized carbons (Fsp3) is 0.692. The van der Waals surface area contributed by atoms with Gasteiger partial charge in [-0.25, -0.2) is 0 Å². The highest BCUT2D eigenvalue weighted by Crippen LogP contribution is 2.22. The van der Waals surface area contributed by atoms with Crippen LogP contribution in [0.4, 0.5) is 0 Å². The van der Waals surface area contributed by atoms with E-state index in [4.69, 9.17) is 28.0 Å². The number of rotatable bonds is 5. The van der Waals surface area contributed by atoms with Crippen LogP contribution in [-0.4, -0.2) is 36.2 Å². The third kappa shape index (κ3) is 3.97. The number of likely N-dealkylation sites (tertiary alicyclic amines) is 1. The predicted molar refractivity (Wildman–Crippen MR) is 75.9 cm³/mol. The molecule has 1 atom stereocenters. The quantitative estimate of drug-likeness (QED) is 0.468. The molecule has 0 aromatic carbocycles. The van der Waals surface area contributed by atoms with E-state index in [-0.39, 0.29) is 4.99 Å². The molecule has 1 fully saturated rings. The highest BCUT2D eigenvalue weighted by molar-refractivity contribution is 7.80. The maximum Gasteiger partial charge on any atom is 0.116 e. The van der Waals surface area contributed by atoms with Crippen LogP contribution in [0.5, 0.6) is 0 Å². The molecule has 100 valence electrons. The summed E-state index contributed by atoms with van der Waals surface area (Å²) in [4.78, 5) is 2.38. The van der Waals surface area contributed by atoms with E-state index < -0.39 is 0 Å². The lowest BCUT2D eigenvalue weighted by atomic mass is 9.98. The van der Waals surface area contributed by atoms with E-state index in [0.717, 1.165) is 38.4 Å². The van der Waals surface area contributed by atoms with E-state index in [1.807, 2.05) is 13.8 Å². The summed E-state index contributed by atoms with van der Waals surface area (Å²) >= 11 is 4.91. The first-order chi connectivity index (χ1) is 8.60. The second-order valence-corrected chi connectivity index (χ2v) is 4.99. The summed E-state index contributed by atoms with van der Waals surface area (Å²) in [6.07, 6.45) is 2.30. The van der Waals surface area contributed by atoms with Crippen molar-refractivity contribution in [3.05, 3.63) is 11.3 Å². The number of hydrogen-bond acceptors (Lipinski definition) is 4. The third-order valence-corrected chi connectivity index (χ3v) is 3.48. The van der Waals surface area contributed by atoms with E-state index in [2.05, 4.69) is 11.0 Å². The van der Waals surface area contributed by atoms with Crippen LogP contribution in [-0.2, 0) is 4.74 Å². The molecule has 0 aromatic rings. The molecule has 1 rings (SSSR count). The number of piperidine rings is 1. The molecule has 4 nitrogen and oxygen atoms in total. The van der Waals surface area contributed by atoms with Gasteiger partial charge in [0.25, 0.3) is 0 Å². The smallest absolute Gasteiger partial charge is 0.116 e. The molecule has 1 heterocycles. The van der Waals surface area contributed by atoms with Crippen molar-refractivity contribution in [2.75, 3.05) is 26.3 Å². The van der Waals surface area contributed by atoms with Crippen molar-refractivity contribution in [3.8, 4) is 6.07 Å². The van der Waals surface area contributed by atoms with Gasteiger partial charge in [0.2, 0.25) is 0 Å². The van der Waals surface area contributed by atoms with Gasteiger partial charge in [-0.2, -0.15) is 5.26 Å². The van der Waals surface area contributed by atoms with Gasteiger partial charge in [0.15, 0.2) is 0 Å². The summed E-state index contributed by atoms with van der Waals surface area (Å²) in [5, 5.41) is 9.08. The summed E-state index contributed by atoms with van der Waals surface area (Å²) in [6.45, 7) is 7.34. The average Bonchev–Trinajstić information content (AvgIpc) is 2.37. The highest BCUT2D eigenvalue weighted by atomic mass is 32.1. The number of allylic oxidation sites excluding steroid dienone is 1. The summed E-state index contributed by atoms with van der Waals surface area (Å²) in [5.74, 6) is 0.528. The first-order valence-electron chi connectivity index (χ1n) is 6.33. The molecular formula is C13H21N3OS. The van der Waals surface area contributed by atoms with Crippen LogP contribution >= 0.6 is 12.2 Å². The topological polar surface area (TPSA) is 62.3 Å². The van der Waals surface area contributed by atoms with Crippen LogP contribution in [0, 0.1) is 17.2 Å². The zero-order valence-electron chi connectivity index (χ0n) is 11.1. The molecule has 0 aromatic heterocycles. The first kappa shape index (κ1) is 14.9. The van der Waals surface area contributed by atoms with E-state index in [1.54, 1.807) is 0 Å². The fourth-order valence-electron chi connectivity index (χ4n) is 2.26. The largest absolute Gasteiger partial charge is 0.389 e. The molecule has 0 radical (unpaired) electrons. The van der Waals surface area contributed by atoms with Crippen LogP contribution in [0.15, 0.2) is 11.3 Å². The second-order valence-electron chi connectivity index (χ2n) is 4.55. The molecule has 0 amide bonds. The molecular weight excluding hydrogens is 246 g/mol. The first-order valence-corrected chi connectivity index (χ1v) is 6.74. The van der Waals surface area contributed by atoms with Crippen LogP contribution in [0.2, 0.25) is 0 Å². The summed E-state index contributed by atoms with van der Waals surface area (Å²) in [5.41, 5.74) is 6.90. The molecule has 1 unspecified atom stereocenters. The summed E-state index contributed by atoms with van der Waals surface area (Å²) in [6, 6.07) is 2.10.